The van der Waals surface area contributed by atoms with Crippen LogP contribution in [0.2, 0.25) is 0 Å². The lowest BCUT2D eigenvalue weighted by atomic mass is 9.53. The zero-order chi connectivity index (χ0) is 26.0. The molecule has 6 atom stereocenters. The summed E-state index contributed by atoms with van der Waals surface area (Å²) in [6.45, 7) is -0.391. The van der Waals surface area contributed by atoms with Crippen LogP contribution in [0.3, 0.4) is 0 Å². The van der Waals surface area contributed by atoms with Gasteiger partial charge in [-0.15, -0.1) is 0 Å². The molecule has 0 aliphatic heterocycles. The molecule has 3 aliphatic carbocycles. The fourth-order valence-electron chi connectivity index (χ4n) is 5.07. The summed E-state index contributed by atoms with van der Waals surface area (Å²) >= 11 is 0. The van der Waals surface area contributed by atoms with Crippen LogP contribution < -0.4 is 0 Å². The molecular formula is C26H24O10. The molecule has 36 heavy (non-hydrogen) atoms. The number of hydrogen-bond acceptors (Lipinski definition) is 8. The molecule has 0 aromatic heterocycles. The van der Waals surface area contributed by atoms with E-state index in [1.165, 1.54) is 60.7 Å². The smallest absolute Gasteiger partial charge is 0.310 e. The van der Waals surface area contributed by atoms with Crippen LogP contribution in [0.1, 0.15) is 11.1 Å². The van der Waals surface area contributed by atoms with E-state index in [9.17, 15) is 39.6 Å². The van der Waals surface area contributed by atoms with E-state index in [0.717, 1.165) is 0 Å². The molecule has 0 amide bonds. The molecule has 10 nitrogen and oxygen atoms in total. The van der Waals surface area contributed by atoms with E-state index in [4.69, 9.17) is 9.47 Å². The first kappa shape index (κ1) is 24.8. The van der Waals surface area contributed by atoms with Gasteiger partial charge in [0, 0.05) is 11.8 Å². The minimum absolute atomic E-state index is 0.0263. The van der Waals surface area contributed by atoms with Gasteiger partial charge in [0.05, 0.1) is 23.7 Å². The number of carboxylic acid groups (broad SMARTS) is 2. The van der Waals surface area contributed by atoms with Gasteiger partial charge < -0.3 is 29.9 Å². The number of carbonyl (C=O) groups is 4. The summed E-state index contributed by atoms with van der Waals surface area (Å²) in [5, 5.41) is 38.7. The molecule has 2 aromatic carbocycles. The number of aliphatic carboxylic acids is 2. The third kappa shape index (κ3) is 4.88. The first-order valence-corrected chi connectivity index (χ1v) is 11.2. The predicted molar refractivity (Wildman–Crippen MR) is 121 cm³/mol. The largest absolute Gasteiger partial charge is 0.508 e. The van der Waals surface area contributed by atoms with Gasteiger partial charge in [-0.25, -0.2) is 0 Å². The lowest BCUT2D eigenvalue weighted by molar-refractivity contribution is -0.183. The molecular weight excluding hydrogens is 472 g/mol. The van der Waals surface area contributed by atoms with E-state index in [2.05, 4.69) is 0 Å². The van der Waals surface area contributed by atoms with E-state index in [0.29, 0.717) is 11.1 Å². The number of ether oxygens (including phenoxy) is 2. The first-order chi connectivity index (χ1) is 17.2. The van der Waals surface area contributed by atoms with E-state index < -0.39 is 59.4 Å². The highest BCUT2D eigenvalue weighted by atomic mass is 16.5. The molecule has 2 aromatic rings. The molecule has 0 spiro atoms. The number of fused-ring (bicyclic) bond motifs is 2. The topological polar surface area (TPSA) is 168 Å². The van der Waals surface area contributed by atoms with Gasteiger partial charge in [-0.3, -0.25) is 19.2 Å². The Morgan fingerprint density at radius 3 is 1.22 bits per heavy atom. The number of phenolic OH excluding ortho intramolecular Hbond substituents is 2. The van der Waals surface area contributed by atoms with Crippen LogP contribution in [-0.2, 0) is 41.9 Å². The molecule has 2 bridgehead atoms. The average molecular weight is 496 g/mol. The van der Waals surface area contributed by atoms with E-state index in [-0.39, 0.29) is 24.7 Å². The highest BCUT2D eigenvalue weighted by molar-refractivity contribution is 5.89. The summed E-state index contributed by atoms with van der Waals surface area (Å²) < 4.78 is 10.7. The van der Waals surface area contributed by atoms with Crippen LogP contribution in [0.15, 0.2) is 60.7 Å². The molecule has 1 fully saturated rings. The minimum Gasteiger partial charge on any atom is -0.508 e. The molecule has 0 saturated heterocycles. The molecule has 6 unspecified atom stereocenters. The summed E-state index contributed by atoms with van der Waals surface area (Å²) in [6.07, 6.45) is 2.94. The van der Waals surface area contributed by atoms with Crippen molar-refractivity contribution in [1.29, 1.82) is 0 Å². The van der Waals surface area contributed by atoms with Gasteiger partial charge in [-0.2, -0.15) is 0 Å². The number of phenols is 2. The number of hydrogen-bond donors (Lipinski definition) is 4. The van der Waals surface area contributed by atoms with Crippen molar-refractivity contribution in [3.63, 3.8) is 0 Å². The number of carbonyl (C=O) groups excluding carboxylic acids is 2. The average Bonchev–Trinajstić information content (AvgIpc) is 2.86. The van der Waals surface area contributed by atoms with Crippen LogP contribution in [-0.4, -0.2) is 44.3 Å². The van der Waals surface area contributed by atoms with Crippen molar-refractivity contribution in [2.45, 2.75) is 13.2 Å². The van der Waals surface area contributed by atoms with Crippen LogP contribution in [0.25, 0.3) is 0 Å². The zero-order valence-corrected chi connectivity index (χ0v) is 18.9. The lowest BCUT2D eigenvalue weighted by Crippen LogP contribution is -2.57. The summed E-state index contributed by atoms with van der Waals surface area (Å²) in [5.74, 6) is -12.0. The Morgan fingerprint density at radius 2 is 0.917 bits per heavy atom. The molecule has 1 saturated carbocycles. The number of carboxylic acids is 2. The van der Waals surface area contributed by atoms with Crippen LogP contribution in [0.4, 0.5) is 0 Å². The molecule has 3 aliphatic rings. The molecule has 188 valence electrons. The SMILES string of the molecule is O=C(O)C1C2C=CC(C(C(=O)O)C2C(=O)OCc2ccc(O)cc2)C1C(=O)OCc1ccc(O)cc1. The Balaban J connectivity index is 1.55. The molecule has 10 heteroatoms. The second kappa shape index (κ2) is 10.1. The van der Waals surface area contributed by atoms with Gasteiger partial charge in [0.2, 0.25) is 0 Å². The Bertz CT molecular complexity index is 1090. The molecule has 0 radical (unpaired) electrons. The summed E-state index contributed by atoms with van der Waals surface area (Å²) in [4.78, 5) is 50.5. The number of benzene rings is 2. The monoisotopic (exact) mass is 496 g/mol. The van der Waals surface area contributed by atoms with Gasteiger partial charge in [0.25, 0.3) is 0 Å². The zero-order valence-electron chi connectivity index (χ0n) is 18.9. The Hall–Kier alpha value is -4.34. The number of rotatable bonds is 8. The molecule has 4 N–H and O–H groups in total. The number of allylic oxidation sites excluding steroid dienone is 2. The normalized spacial score (nSPS) is 26.2. The Morgan fingerprint density at radius 1 is 0.583 bits per heavy atom. The van der Waals surface area contributed by atoms with Crippen molar-refractivity contribution in [2.75, 3.05) is 0 Å². The number of aromatic hydroxyl groups is 2. The van der Waals surface area contributed by atoms with Gasteiger partial charge in [0.1, 0.15) is 24.7 Å². The van der Waals surface area contributed by atoms with Crippen LogP contribution in [0.5, 0.6) is 11.5 Å². The minimum atomic E-state index is -1.38. The Labute approximate surface area is 205 Å². The van der Waals surface area contributed by atoms with Gasteiger partial charge in [-0.05, 0) is 35.4 Å². The van der Waals surface area contributed by atoms with Crippen molar-refractivity contribution in [1.82, 2.24) is 0 Å². The molecule has 5 rings (SSSR count). The maximum absolute atomic E-state index is 13.0. The van der Waals surface area contributed by atoms with Gasteiger partial charge >= 0.3 is 23.9 Å². The summed E-state index contributed by atoms with van der Waals surface area (Å²) in [6, 6.07) is 11.8. The van der Waals surface area contributed by atoms with Crippen molar-refractivity contribution in [3.05, 3.63) is 71.8 Å². The summed E-state index contributed by atoms with van der Waals surface area (Å²) in [5.41, 5.74) is 1.10. The van der Waals surface area contributed by atoms with Crippen molar-refractivity contribution in [2.24, 2.45) is 35.5 Å². The van der Waals surface area contributed by atoms with Crippen molar-refractivity contribution in [3.8, 4) is 11.5 Å². The van der Waals surface area contributed by atoms with Gasteiger partial charge in [-0.1, -0.05) is 36.4 Å². The maximum Gasteiger partial charge on any atom is 0.310 e. The molecule has 0 heterocycles. The quantitative estimate of drug-likeness (QED) is 0.314. The van der Waals surface area contributed by atoms with Crippen molar-refractivity contribution < 1.29 is 49.1 Å². The third-order valence-corrected chi connectivity index (χ3v) is 6.74. The second-order valence-corrected chi connectivity index (χ2v) is 8.87. The fourth-order valence-corrected chi connectivity index (χ4v) is 5.07. The van der Waals surface area contributed by atoms with E-state index in [1.807, 2.05) is 0 Å². The fraction of sp³-hybridized carbons (Fsp3) is 0.308. The highest BCUT2D eigenvalue weighted by Gasteiger charge is 2.61. The maximum atomic E-state index is 13.0. The highest BCUT2D eigenvalue weighted by Crippen LogP contribution is 2.52. The van der Waals surface area contributed by atoms with Crippen molar-refractivity contribution >= 4 is 23.9 Å². The predicted octanol–water partition coefficient (Wildman–Crippen LogP) is 2.33. The van der Waals surface area contributed by atoms with Crippen LogP contribution >= 0.6 is 0 Å². The standard InChI is InChI=1S/C26H24O10/c27-15-5-1-13(2-6-15)11-35-25(33)21-17-9-10-18(19(21)23(29)30)22(20(17)24(31)32)26(34)36-12-14-3-7-16(28)8-4-14/h1-10,17-22,27-28H,11-12H2,(H,29,30)(H,31,32). The Kier molecular flexibility index (Phi) is 6.96. The number of esters is 2. The lowest BCUT2D eigenvalue weighted by Gasteiger charge is -2.48. The second-order valence-electron chi connectivity index (χ2n) is 8.87. The summed E-state index contributed by atoms with van der Waals surface area (Å²) in [7, 11) is 0. The van der Waals surface area contributed by atoms with Gasteiger partial charge in [0.15, 0.2) is 0 Å². The van der Waals surface area contributed by atoms with Crippen LogP contribution in [0, 0.1) is 35.5 Å². The first-order valence-electron chi connectivity index (χ1n) is 11.2. The van der Waals surface area contributed by atoms with E-state index in [1.54, 1.807) is 0 Å². The third-order valence-electron chi connectivity index (χ3n) is 6.74. The van der Waals surface area contributed by atoms with E-state index >= 15 is 0 Å².